The summed E-state index contributed by atoms with van der Waals surface area (Å²) in [7, 11) is 4.70. The highest BCUT2D eigenvalue weighted by molar-refractivity contribution is 6.00. The Morgan fingerprint density at radius 3 is 2.72 bits per heavy atom. The number of hydrogen-bond donors (Lipinski definition) is 2. The first-order valence-corrected chi connectivity index (χ1v) is 9.49. The van der Waals surface area contributed by atoms with Crippen LogP contribution in [-0.2, 0) is 11.3 Å². The van der Waals surface area contributed by atoms with E-state index in [-0.39, 0.29) is 17.7 Å². The zero-order valence-corrected chi connectivity index (χ0v) is 16.9. The maximum Gasteiger partial charge on any atom is 0.254 e. The number of aromatic nitrogens is 2. The van der Waals surface area contributed by atoms with Gasteiger partial charge in [0.15, 0.2) is 11.5 Å². The second kappa shape index (κ2) is 9.27. The molecule has 1 aliphatic rings. The molecule has 2 N–H and O–H groups in total. The minimum Gasteiger partial charge on any atom is -0.493 e. The van der Waals surface area contributed by atoms with Crippen LogP contribution in [0.5, 0.6) is 11.5 Å². The molecule has 0 spiro atoms. The molecule has 8 heteroatoms. The minimum atomic E-state index is -0.211. The molecule has 1 aliphatic carbocycles. The van der Waals surface area contributed by atoms with Gasteiger partial charge in [-0.1, -0.05) is 12.2 Å². The Labute approximate surface area is 169 Å². The minimum absolute atomic E-state index is 0.0925. The topological polar surface area (TPSA) is 96.5 Å². The van der Waals surface area contributed by atoms with Crippen molar-refractivity contribution in [3.05, 3.63) is 47.8 Å². The van der Waals surface area contributed by atoms with Crippen molar-refractivity contribution < 1.29 is 19.1 Å². The molecule has 1 heterocycles. The maximum absolute atomic E-state index is 13.0. The second-order valence-electron chi connectivity index (χ2n) is 6.97. The highest BCUT2D eigenvalue weighted by Gasteiger charge is 2.23. The van der Waals surface area contributed by atoms with Crippen LogP contribution in [0, 0.1) is 5.92 Å². The molecule has 1 aromatic carbocycles. The number of ether oxygens (including phenoxy) is 2. The lowest BCUT2D eigenvalue weighted by molar-refractivity contribution is -0.120. The fourth-order valence-corrected chi connectivity index (χ4v) is 3.37. The highest BCUT2D eigenvalue weighted by atomic mass is 16.5. The third kappa shape index (κ3) is 4.77. The summed E-state index contributed by atoms with van der Waals surface area (Å²) in [5.74, 6) is 0.368. The van der Waals surface area contributed by atoms with Gasteiger partial charge < -0.3 is 19.7 Å². The molecule has 0 saturated heterocycles. The average Bonchev–Trinajstić information content (AvgIpc) is 3.26. The summed E-state index contributed by atoms with van der Waals surface area (Å²) in [6, 6.07) is 5.05. The van der Waals surface area contributed by atoms with E-state index in [1.54, 1.807) is 30.3 Å². The van der Waals surface area contributed by atoms with Gasteiger partial charge in [-0.15, -0.1) is 0 Å². The number of aromatic amines is 1. The van der Waals surface area contributed by atoms with Crippen LogP contribution < -0.4 is 14.8 Å². The number of carbonyl (C=O) groups is 2. The molecular formula is C21H26N4O4. The number of methoxy groups -OCH3 is 2. The smallest absolute Gasteiger partial charge is 0.254 e. The number of rotatable bonds is 7. The molecule has 8 nitrogen and oxygen atoms in total. The van der Waals surface area contributed by atoms with Gasteiger partial charge in [0.05, 0.1) is 32.1 Å². The summed E-state index contributed by atoms with van der Waals surface area (Å²) in [4.78, 5) is 27.2. The van der Waals surface area contributed by atoms with Crippen molar-refractivity contribution in [2.24, 2.45) is 5.92 Å². The Hall–Kier alpha value is -3.29. The van der Waals surface area contributed by atoms with Crippen molar-refractivity contribution in [3.8, 4) is 11.5 Å². The number of nitrogens with one attached hydrogen (secondary N) is 2. The van der Waals surface area contributed by atoms with Gasteiger partial charge in [0.25, 0.3) is 5.91 Å². The number of carbonyl (C=O) groups excluding carboxylic acids is 2. The number of nitrogens with zero attached hydrogens (tertiary/aromatic N) is 2. The van der Waals surface area contributed by atoms with Crippen molar-refractivity contribution in [2.45, 2.75) is 25.8 Å². The summed E-state index contributed by atoms with van der Waals surface area (Å²) in [6.07, 6.45) is 8.13. The van der Waals surface area contributed by atoms with Crippen LogP contribution in [0.25, 0.3) is 0 Å². The summed E-state index contributed by atoms with van der Waals surface area (Å²) in [6.45, 7) is 0.378. The SMILES string of the molecule is COc1cc(C(=O)N(C)Cc2ccn[nH]2)cc(NC(=O)C2CC=CCC2)c1OC. The number of allylic oxidation sites excluding steroid dienone is 2. The van der Waals surface area contributed by atoms with Crippen LogP contribution >= 0.6 is 0 Å². The normalized spacial score (nSPS) is 15.6. The van der Waals surface area contributed by atoms with Crippen molar-refractivity contribution in [1.29, 1.82) is 0 Å². The first kappa shape index (κ1) is 20.4. The Kier molecular flexibility index (Phi) is 6.54. The molecule has 29 heavy (non-hydrogen) atoms. The molecule has 2 amide bonds. The monoisotopic (exact) mass is 398 g/mol. The van der Waals surface area contributed by atoms with E-state index in [2.05, 4.69) is 21.6 Å². The second-order valence-corrected chi connectivity index (χ2v) is 6.97. The van der Waals surface area contributed by atoms with Gasteiger partial charge in [-0.05, 0) is 37.5 Å². The Morgan fingerprint density at radius 2 is 2.10 bits per heavy atom. The molecule has 1 atom stereocenters. The number of anilines is 1. The molecule has 0 radical (unpaired) electrons. The van der Waals surface area contributed by atoms with E-state index in [0.29, 0.717) is 35.7 Å². The third-order valence-corrected chi connectivity index (χ3v) is 4.94. The van der Waals surface area contributed by atoms with Crippen molar-refractivity contribution in [3.63, 3.8) is 0 Å². The molecule has 1 unspecified atom stereocenters. The summed E-state index contributed by atoms with van der Waals surface area (Å²) in [5.41, 5.74) is 1.63. The Bertz CT molecular complexity index is 892. The fourth-order valence-electron chi connectivity index (χ4n) is 3.37. The summed E-state index contributed by atoms with van der Waals surface area (Å²) < 4.78 is 10.9. The van der Waals surface area contributed by atoms with E-state index in [1.165, 1.54) is 14.2 Å². The first-order chi connectivity index (χ1) is 14.0. The number of amides is 2. The number of H-pyrrole nitrogens is 1. The molecule has 3 rings (SSSR count). The standard InChI is InChI=1S/C21H26N4O4/c1-25(13-16-9-10-22-24-16)21(27)15-11-17(19(29-3)18(12-15)28-2)23-20(26)14-7-5-4-6-8-14/h4-5,9-12,14H,6-8,13H2,1-3H3,(H,22,24)(H,23,26). The van der Waals surface area contributed by atoms with Crippen LogP contribution in [0.15, 0.2) is 36.5 Å². The van der Waals surface area contributed by atoms with Gasteiger partial charge in [0.1, 0.15) is 0 Å². The molecular weight excluding hydrogens is 372 g/mol. The first-order valence-electron chi connectivity index (χ1n) is 9.49. The molecule has 0 fully saturated rings. The Morgan fingerprint density at radius 1 is 1.28 bits per heavy atom. The number of benzene rings is 1. The van der Waals surface area contributed by atoms with E-state index in [1.807, 2.05) is 12.1 Å². The predicted octanol–water partition coefficient (Wildman–Crippen LogP) is 2.99. The molecule has 0 saturated carbocycles. The molecule has 0 aliphatic heterocycles. The Balaban J connectivity index is 1.85. The average molecular weight is 398 g/mol. The summed E-state index contributed by atoms with van der Waals surface area (Å²) in [5, 5.41) is 9.66. The maximum atomic E-state index is 13.0. The van der Waals surface area contributed by atoms with Crippen LogP contribution in [0.1, 0.15) is 35.3 Å². The zero-order valence-electron chi connectivity index (χ0n) is 16.9. The van der Waals surface area contributed by atoms with Gasteiger partial charge in [0, 0.05) is 24.7 Å². The van der Waals surface area contributed by atoms with Crippen molar-refractivity contribution in [2.75, 3.05) is 26.6 Å². The van der Waals surface area contributed by atoms with Gasteiger partial charge >= 0.3 is 0 Å². The lowest BCUT2D eigenvalue weighted by Gasteiger charge is -2.21. The van der Waals surface area contributed by atoms with Gasteiger partial charge in [-0.25, -0.2) is 0 Å². The lowest BCUT2D eigenvalue weighted by atomic mass is 9.93. The van der Waals surface area contributed by atoms with Crippen molar-refractivity contribution in [1.82, 2.24) is 15.1 Å². The van der Waals surface area contributed by atoms with Gasteiger partial charge in [-0.2, -0.15) is 5.10 Å². The molecule has 0 bridgehead atoms. The van der Waals surface area contributed by atoms with E-state index < -0.39 is 0 Å². The highest BCUT2D eigenvalue weighted by Crippen LogP contribution is 2.37. The fraction of sp³-hybridized carbons (Fsp3) is 0.381. The van der Waals surface area contributed by atoms with Crippen LogP contribution in [-0.4, -0.2) is 48.2 Å². The van der Waals surface area contributed by atoms with Gasteiger partial charge in [-0.3, -0.25) is 14.7 Å². The quantitative estimate of drug-likeness (QED) is 0.699. The predicted molar refractivity (Wildman–Crippen MR) is 109 cm³/mol. The van der Waals surface area contributed by atoms with E-state index in [0.717, 1.165) is 18.5 Å². The van der Waals surface area contributed by atoms with Crippen LogP contribution in [0.2, 0.25) is 0 Å². The van der Waals surface area contributed by atoms with Gasteiger partial charge in [0.2, 0.25) is 5.91 Å². The van der Waals surface area contributed by atoms with E-state index in [9.17, 15) is 9.59 Å². The summed E-state index contributed by atoms with van der Waals surface area (Å²) >= 11 is 0. The zero-order chi connectivity index (χ0) is 20.8. The lowest BCUT2D eigenvalue weighted by Crippen LogP contribution is -2.27. The van der Waals surface area contributed by atoms with Crippen LogP contribution in [0.4, 0.5) is 5.69 Å². The molecule has 154 valence electrons. The molecule has 1 aromatic heterocycles. The van der Waals surface area contributed by atoms with Crippen LogP contribution in [0.3, 0.4) is 0 Å². The molecule has 2 aromatic rings. The number of hydrogen-bond acceptors (Lipinski definition) is 5. The van der Waals surface area contributed by atoms with E-state index >= 15 is 0 Å². The largest absolute Gasteiger partial charge is 0.493 e. The van der Waals surface area contributed by atoms with E-state index in [4.69, 9.17) is 9.47 Å². The van der Waals surface area contributed by atoms with Crippen molar-refractivity contribution >= 4 is 17.5 Å². The third-order valence-electron chi connectivity index (χ3n) is 4.94.